The molecule has 0 aliphatic carbocycles. The van der Waals surface area contributed by atoms with E-state index >= 15 is 0 Å². The molecule has 1 aliphatic rings. The number of thioether (sulfide) groups is 1. The quantitative estimate of drug-likeness (QED) is 0.843. The van der Waals surface area contributed by atoms with Crippen LogP contribution in [0.4, 0.5) is 0 Å². The molecule has 1 aromatic rings. The molecule has 6 heteroatoms. The Morgan fingerprint density at radius 2 is 2.20 bits per heavy atom. The summed E-state index contributed by atoms with van der Waals surface area (Å²) in [6.07, 6.45) is 3.56. The molecule has 0 saturated carbocycles. The van der Waals surface area contributed by atoms with E-state index in [1.54, 1.807) is 18.2 Å². The van der Waals surface area contributed by atoms with Crippen LogP contribution in [0, 0.1) is 0 Å². The van der Waals surface area contributed by atoms with Crippen molar-refractivity contribution in [3.8, 4) is 0 Å². The van der Waals surface area contributed by atoms with Crippen LogP contribution < -0.4 is 10.0 Å². The van der Waals surface area contributed by atoms with Crippen LogP contribution in [-0.2, 0) is 16.6 Å². The molecule has 1 atom stereocenters. The first-order chi connectivity index (χ1) is 9.62. The van der Waals surface area contributed by atoms with Gasteiger partial charge < -0.3 is 5.32 Å². The lowest BCUT2D eigenvalue weighted by Gasteiger charge is -2.21. The SMILES string of the molecule is CNCc1cccc(S(=O)(=O)NCC2CCCCS2)c1. The largest absolute Gasteiger partial charge is 0.316 e. The van der Waals surface area contributed by atoms with Gasteiger partial charge in [-0.15, -0.1) is 0 Å². The van der Waals surface area contributed by atoms with Gasteiger partial charge in [-0.25, -0.2) is 13.1 Å². The van der Waals surface area contributed by atoms with Crippen molar-refractivity contribution in [1.29, 1.82) is 0 Å². The highest BCUT2D eigenvalue weighted by molar-refractivity contribution is 8.00. The molecule has 0 radical (unpaired) electrons. The first kappa shape index (κ1) is 15.8. The van der Waals surface area contributed by atoms with E-state index < -0.39 is 10.0 Å². The number of sulfonamides is 1. The highest BCUT2D eigenvalue weighted by Crippen LogP contribution is 2.24. The van der Waals surface area contributed by atoms with E-state index in [0.717, 1.165) is 17.7 Å². The fourth-order valence-electron chi connectivity index (χ4n) is 2.28. The summed E-state index contributed by atoms with van der Waals surface area (Å²) in [5, 5.41) is 3.44. The highest BCUT2D eigenvalue weighted by Gasteiger charge is 2.19. The van der Waals surface area contributed by atoms with Crippen LogP contribution in [0.3, 0.4) is 0 Å². The minimum absolute atomic E-state index is 0.353. The minimum Gasteiger partial charge on any atom is -0.316 e. The van der Waals surface area contributed by atoms with Gasteiger partial charge in [0, 0.05) is 18.3 Å². The molecule has 0 spiro atoms. The van der Waals surface area contributed by atoms with Crippen LogP contribution in [0.5, 0.6) is 0 Å². The first-order valence-electron chi connectivity index (χ1n) is 6.96. The summed E-state index contributed by atoms with van der Waals surface area (Å²) in [6.45, 7) is 1.20. The zero-order valence-electron chi connectivity index (χ0n) is 11.8. The minimum atomic E-state index is -3.39. The third-order valence-corrected chi connectivity index (χ3v) is 6.18. The summed E-state index contributed by atoms with van der Waals surface area (Å²) in [4.78, 5) is 0.353. The summed E-state index contributed by atoms with van der Waals surface area (Å²) in [5.41, 5.74) is 0.974. The van der Waals surface area contributed by atoms with Crippen molar-refractivity contribution in [3.63, 3.8) is 0 Å². The normalized spacial score (nSPS) is 19.9. The summed E-state index contributed by atoms with van der Waals surface area (Å²) < 4.78 is 27.3. The molecule has 2 N–H and O–H groups in total. The zero-order chi connectivity index (χ0) is 14.4. The number of hydrogen-bond donors (Lipinski definition) is 2. The van der Waals surface area contributed by atoms with Gasteiger partial charge in [-0.1, -0.05) is 18.6 Å². The Kier molecular flexibility index (Phi) is 5.89. The van der Waals surface area contributed by atoms with Crippen LogP contribution in [0.25, 0.3) is 0 Å². The number of rotatable bonds is 6. The average molecular weight is 314 g/mol. The Labute approximate surface area is 125 Å². The van der Waals surface area contributed by atoms with Crippen molar-refractivity contribution in [2.75, 3.05) is 19.3 Å². The maximum atomic E-state index is 12.3. The lowest BCUT2D eigenvalue weighted by molar-refractivity contribution is 0.573. The second-order valence-corrected chi connectivity index (χ2v) is 8.19. The molecule has 1 saturated heterocycles. The summed E-state index contributed by atoms with van der Waals surface area (Å²) >= 11 is 1.87. The van der Waals surface area contributed by atoms with Crippen molar-refractivity contribution in [2.24, 2.45) is 0 Å². The van der Waals surface area contributed by atoms with E-state index in [4.69, 9.17) is 0 Å². The molecule has 20 heavy (non-hydrogen) atoms. The maximum absolute atomic E-state index is 12.3. The van der Waals surface area contributed by atoms with Crippen molar-refractivity contribution < 1.29 is 8.42 Å². The van der Waals surface area contributed by atoms with E-state index in [2.05, 4.69) is 10.0 Å². The van der Waals surface area contributed by atoms with E-state index in [0.29, 0.717) is 23.2 Å². The topological polar surface area (TPSA) is 58.2 Å². The fraction of sp³-hybridized carbons (Fsp3) is 0.571. The fourth-order valence-corrected chi connectivity index (χ4v) is 4.78. The monoisotopic (exact) mass is 314 g/mol. The van der Waals surface area contributed by atoms with Gasteiger partial charge in [0.25, 0.3) is 0 Å². The molecule has 4 nitrogen and oxygen atoms in total. The Balaban J connectivity index is 2.00. The van der Waals surface area contributed by atoms with Gasteiger partial charge in [0.05, 0.1) is 4.90 Å². The molecule has 1 fully saturated rings. The maximum Gasteiger partial charge on any atom is 0.240 e. The summed E-state index contributed by atoms with van der Waals surface area (Å²) in [6, 6.07) is 7.09. The third kappa shape index (κ3) is 4.48. The van der Waals surface area contributed by atoms with Crippen LogP contribution in [0.1, 0.15) is 24.8 Å². The number of benzene rings is 1. The molecule has 112 valence electrons. The predicted octanol–water partition coefficient (Wildman–Crippen LogP) is 1.97. The molecule has 1 heterocycles. The van der Waals surface area contributed by atoms with E-state index in [9.17, 15) is 8.42 Å². The smallest absolute Gasteiger partial charge is 0.240 e. The summed E-state index contributed by atoms with van der Waals surface area (Å²) in [7, 11) is -1.54. The molecule has 0 aromatic heterocycles. The van der Waals surface area contributed by atoms with E-state index in [1.807, 2.05) is 24.9 Å². The van der Waals surface area contributed by atoms with Crippen LogP contribution >= 0.6 is 11.8 Å². The molecule has 2 rings (SSSR count). The Bertz CT molecular complexity index is 526. The second kappa shape index (κ2) is 7.45. The van der Waals surface area contributed by atoms with E-state index in [-0.39, 0.29) is 0 Å². The average Bonchev–Trinajstić information content (AvgIpc) is 2.47. The van der Waals surface area contributed by atoms with Gasteiger partial charge in [0.2, 0.25) is 10.0 Å². The first-order valence-corrected chi connectivity index (χ1v) is 9.50. The number of nitrogens with one attached hydrogen (secondary N) is 2. The molecular formula is C14H22N2O2S2. The third-order valence-electron chi connectivity index (χ3n) is 3.36. The van der Waals surface area contributed by atoms with Gasteiger partial charge in [-0.05, 0) is 43.3 Å². The van der Waals surface area contributed by atoms with Gasteiger partial charge >= 0.3 is 0 Å². The Hall–Kier alpha value is -0.560. The van der Waals surface area contributed by atoms with Crippen molar-refractivity contribution in [3.05, 3.63) is 29.8 Å². The van der Waals surface area contributed by atoms with Crippen LogP contribution in [0.15, 0.2) is 29.2 Å². The van der Waals surface area contributed by atoms with E-state index in [1.165, 1.54) is 12.8 Å². The van der Waals surface area contributed by atoms with Gasteiger partial charge in [0.15, 0.2) is 0 Å². The van der Waals surface area contributed by atoms with Gasteiger partial charge in [0.1, 0.15) is 0 Å². The van der Waals surface area contributed by atoms with Gasteiger partial charge in [-0.3, -0.25) is 0 Å². The standard InChI is InChI=1S/C14H22N2O2S2/c1-15-10-12-5-4-7-14(9-12)20(17,18)16-11-13-6-2-3-8-19-13/h4-5,7,9,13,15-16H,2-3,6,8,10-11H2,1H3. The van der Waals surface area contributed by atoms with Crippen molar-refractivity contribution in [2.45, 2.75) is 36.0 Å². The lowest BCUT2D eigenvalue weighted by Crippen LogP contribution is -2.32. The van der Waals surface area contributed by atoms with Gasteiger partial charge in [-0.2, -0.15) is 11.8 Å². The number of hydrogen-bond acceptors (Lipinski definition) is 4. The van der Waals surface area contributed by atoms with Crippen molar-refractivity contribution >= 4 is 21.8 Å². The molecule has 0 amide bonds. The van der Waals surface area contributed by atoms with Crippen LogP contribution in [-0.4, -0.2) is 33.0 Å². The summed E-state index contributed by atoms with van der Waals surface area (Å²) in [5.74, 6) is 1.14. The molecule has 1 aromatic carbocycles. The van der Waals surface area contributed by atoms with Crippen molar-refractivity contribution in [1.82, 2.24) is 10.0 Å². The van der Waals surface area contributed by atoms with Crippen LogP contribution in [0.2, 0.25) is 0 Å². The molecule has 1 unspecified atom stereocenters. The second-order valence-electron chi connectivity index (χ2n) is 5.02. The Morgan fingerprint density at radius 1 is 1.35 bits per heavy atom. The molecule has 0 bridgehead atoms. The molecular weight excluding hydrogens is 292 g/mol. The highest BCUT2D eigenvalue weighted by atomic mass is 32.2. The Morgan fingerprint density at radius 3 is 2.90 bits per heavy atom. The molecule has 1 aliphatic heterocycles. The zero-order valence-corrected chi connectivity index (χ0v) is 13.4. The predicted molar refractivity (Wildman–Crippen MR) is 84.5 cm³/mol. The lowest BCUT2D eigenvalue weighted by atomic mass is 10.2.